The van der Waals surface area contributed by atoms with Crippen LogP contribution in [0.2, 0.25) is 0 Å². The quantitative estimate of drug-likeness (QED) is 0.189. The fourth-order valence-corrected chi connectivity index (χ4v) is 2.67. The van der Waals surface area contributed by atoms with E-state index in [9.17, 15) is 4.79 Å². The van der Waals surface area contributed by atoms with E-state index in [1.807, 2.05) is 72.9 Å². The normalized spacial score (nSPS) is 10.6. The van der Waals surface area contributed by atoms with Gasteiger partial charge in [-0.3, -0.25) is 4.79 Å². The van der Waals surface area contributed by atoms with Gasteiger partial charge in [-0.05, 0) is 31.7 Å². The number of benzene rings is 2. The van der Waals surface area contributed by atoms with E-state index in [1.165, 1.54) is 19.9 Å². The van der Waals surface area contributed by atoms with Crippen LogP contribution in [0.3, 0.4) is 0 Å². The van der Waals surface area contributed by atoms with Crippen LogP contribution in [0.15, 0.2) is 89.2 Å². The van der Waals surface area contributed by atoms with E-state index < -0.39 is 0 Å². The molecule has 0 fully saturated rings. The SMILES string of the molecule is CC(=O)/C=C(/C)O.[Ir].[c-]1ccccc1-c1cc2oc(-c3ccccc3)cc2cn1. The van der Waals surface area contributed by atoms with E-state index in [4.69, 9.17) is 9.52 Å². The molecule has 0 saturated carbocycles. The minimum atomic E-state index is -0.125. The van der Waals surface area contributed by atoms with Gasteiger partial charge in [-0.25, -0.2) is 0 Å². The van der Waals surface area contributed by atoms with Gasteiger partial charge < -0.3 is 14.5 Å². The third kappa shape index (κ3) is 6.24. The molecular formula is C24H20IrNO3-. The van der Waals surface area contributed by atoms with Gasteiger partial charge in [0.15, 0.2) is 5.78 Å². The molecule has 0 bridgehead atoms. The van der Waals surface area contributed by atoms with Crippen LogP contribution in [-0.2, 0) is 24.9 Å². The molecule has 0 aliphatic carbocycles. The topological polar surface area (TPSA) is 63.3 Å². The molecule has 0 aliphatic rings. The Kier molecular flexibility index (Phi) is 8.08. The van der Waals surface area contributed by atoms with E-state index >= 15 is 0 Å². The zero-order chi connectivity index (χ0) is 19.9. The Morgan fingerprint density at radius 1 is 1.07 bits per heavy atom. The molecule has 149 valence electrons. The summed E-state index contributed by atoms with van der Waals surface area (Å²) < 4.78 is 5.96. The Morgan fingerprint density at radius 2 is 1.79 bits per heavy atom. The smallest absolute Gasteiger partial charge is 0.155 e. The van der Waals surface area contributed by atoms with E-state index in [0.29, 0.717) is 0 Å². The molecule has 5 heteroatoms. The number of nitrogens with zero attached hydrogens (tertiary/aromatic N) is 1. The van der Waals surface area contributed by atoms with Crippen molar-refractivity contribution >= 4 is 16.8 Å². The number of pyridine rings is 1. The maximum atomic E-state index is 10.0. The van der Waals surface area contributed by atoms with Gasteiger partial charge in [0.1, 0.15) is 11.3 Å². The van der Waals surface area contributed by atoms with Crippen LogP contribution in [0, 0.1) is 6.07 Å². The molecule has 4 rings (SSSR count). The molecule has 2 aromatic heterocycles. The van der Waals surface area contributed by atoms with Crippen LogP contribution < -0.4 is 0 Å². The number of fused-ring (bicyclic) bond motifs is 1. The number of aliphatic hydroxyl groups excluding tert-OH is 1. The molecule has 2 aromatic carbocycles. The van der Waals surface area contributed by atoms with E-state index in [2.05, 4.69) is 11.1 Å². The summed E-state index contributed by atoms with van der Waals surface area (Å²) in [7, 11) is 0. The molecule has 0 amide bonds. The van der Waals surface area contributed by atoms with Crippen molar-refractivity contribution in [3.63, 3.8) is 0 Å². The van der Waals surface area contributed by atoms with Crippen molar-refractivity contribution in [2.45, 2.75) is 13.8 Å². The second-order valence-corrected chi connectivity index (χ2v) is 6.26. The minimum absolute atomic E-state index is 0. The standard InChI is InChI=1S/C19H12NO.C5H8O2.Ir/c1-3-7-14(8-4-1)17-12-19-16(13-20-17)11-18(21-19)15-9-5-2-6-10-15;1-4(6)3-5(2)7;/h1-7,9-13H;3,6H,1-2H3;/q-1;;/b;4-3-;. The van der Waals surface area contributed by atoms with Crippen molar-refractivity contribution in [1.82, 2.24) is 4.98 Å². The number of aromatic nitrogens is 1. The van der Waals surface area contributed by atoms with E-state index in [0.717, 1.165) is 33.6 Å². The first-order chi connectivity index (χ1) is 13.5. The van der Waals surface area contributed by atoms with Gasteiger partial charge in [0.05, 0.1) is 5.76 Å². The van der Waals surface area contributed by atoms with Crippen LogP contribution in [0.1, 0.15) is 13.8 Å². The molecule has 0 atom stereocenters. The summed E-state index contributed by atoms with van der Waals surface area (Å²) in [6, 6.07) is 25.1. The first-order valence-corrected chi connectivity index (χ1v) is 8.83. The summed E-state index contributed by atoms with van der Waals surface area (Å²) in [5.74, 6) is 0.800. The van der Waals surface area contributed by atoms with Gasteiger partial charge >= 0.3 is 0 Å². The Labute approximate surface area is 183 Å². The van der Waals surface area contributed by atoms with Crippen LogP contribution in [0.5, 0.6) is 0 Å². The first kappa shape index (κ1) is 22.3. The third-order valence-electron chi connectivity index (χ3n) is 3.86. The predicted molar refractivity (Wildman–Crippen MR) is 111 cm³/mol. The van der Waals surface area contributed by atoms with Crippen LogP contribution in [0.4, 0.5) is 0 Å². The molecule has 29 heavy (non-hydrogen) atoms. The van der Waals surface area contributed by atoms with Crippen molar-refractivity contribution in [1.29, 1.82) is 0 Å². The average molecular weight is 563 g/mol. The molecule has 0 aliphatic heterocycles. The van der Waals surface area contributed by atoms with Crippen LogP contribution in [-0.4, -0.2) is 15.9 Å². The summed E-state index contributed by atoms with van der Waals surface area (Å²) in [6.45, 7) is 2.85. The van der Waals surface area contributed by atoms with E-state index in [1.54, 1.807) is 0 Å². The summed E-state index contributed by atoms with van der Waals surface area (Å²) in [6.07, 6.45) is 3.02. The molecule has 2 heterocycles. The summed E-state index contributed by atoms with van der Waals surface area (Å²) >= 11 is 0. The Bertz CT molecular complexity index is 1060. The maximum Gasteiger partial charge on any atom is 0.155 e. The van der Waals surface area contributed by atoms with Gasteiger partial charge in [-0.1, -0.05) is 30.3 Å². The Morgan fingerprint density at radius 3 is 2.38 bits per heavy atom. The van der Waals surface area contributed by atoms with Gasteiger partial charge in [0.2, 0.25) is 0 Å². The van der Waals surface area contributed by atoms with Crippen molar-refractivity contribution in [2.24, 2.45) is 0 Å². The predicted octanol–water partition coefficient (Wildman–Crippen LogP) is 6.00. The molecular weight excluding hydrogens is 542 g/mol. The van der Waals surface area contributed by atoms with Crippen LogP contribution >= 0.6 is 0 Å². The number of furan rings is 1. The average Bonchev–Trinajstić information content (AvgIpc) is 3.12. The molecule has 1 radical (unpaired) electrons. The summed E-state index contributed by atoms with van der Waals surface area (Å²) in [4.78, 5) is 14.5. The maximum absolute atomic E-state index is 10.0. The number of carbonyl (C=O) groups excluding carboxylic acids is 1. The second kappa shape index (κ2) is 10.5. The molecule has 4 nitrogen and oxygen atoms in total. The largest absolute Gasteiger partial charge is 0.512 e. The molecule has 0 saturated heterocycles. The zero-order valence-electron chi connectivity index (χ0n) is 16.0. The van der Waals surface area contributed by atoms with Gasteiger partial charge in [0, 0.05) is 43.3 Å². The Hall–Kier alpha value is -3.01. The van der Waals surface area contributed by atoms with E-state index in [-0.39, 0.29) is 31.6 Å². The van der Waals surface area contributed by atoms with Crippen LogP contribution in [0.25, 0.3) is 33.6 Å². The van der Waals surface area contributed by atoms with Crippen molar-refractivity contribution in [3.05, 3.63) is 90.8 Å². The second-order valence-electron chi connectivity index (χ2n) is 6.26. The van der Waals surface area contributed by atoms with Crippen molar-refractivity contribution in [2.75, 3.05) is 0 Å². The minimum Gasteiger partial charge on any atom is -0.512 e. The number of aliphatic hydroxyl groups is 1. The van der Waals surface area contributed by atoms with Gasteiger partial charge in [0.25, 0.3) is 0 Å². The number of allylic oxidation sites excluding steroid dienone is 2. The summed E-state index contributed by atoms with van der Waals surface area (Å²) in [5.41, 5.74) is 3.76. The zero-order valence-corrected chi connectivity index (χ0v) is 18.4. The summed E-state index contributed by atoms with van der Waals surface area (Å²) in [5, 5.41) is 9.37. The molecule has 1 N–H and O–H groups in total. The number of rotatable bonds is 3. The third-order valence-corrected chi connectivity index (χ3v) is 3.86. The number of ketones is 1. The molecule has 4 aromatic rings. The number of hydrogen-bond acceptors (Lipinski definition) is 4. The number of hydrogen-bond donors (Lipinski definition) is 1. The fraction of sp³-hybridized carbons (Fsp3) is 0.0833. The van der Waals surface area contributed by atoms with Gasteiger partial charge in [-0.2, -0.15) is 0 Å². The van der Waals surface area contributed by atoms with Crippen molar-refractivity contribution in [3.8, 4) is 22.6 Å². The Balaban J connectivity index is 0.000000327. The number of carbonyl (C=O) groups is 1. The monoisotopic (exact) mass is 563 g/mol. The van der Waals surface area contributed by atoms with Crippen molar-refractivity contribution < 1.29 is 34.4 Å². The first-order valence-electron chi connectivity index (χ1n) is 8.83. The van der Waals surface area contributed by atoms with Gasteiger partial charge in [-0.15, -0.1) is 35.9 Å². The molecule has 0 unspecified atom stereocenters. The fourth-order valence-electron chi connectivity index (χ4n) is 2.67. The molecule has 0 spiro atoms.